The summed E-state index contributed by atoms with van der Waals surface area (Å²) in [5.41, 5.74) is 0.912. The number of nitro benzene ring substituents is 1. The standard InChI is InChI=1S/C8H4Cl3N3O2/c9-8(10,11)7-12-5-2-1-4(14(15)16)3-6(5)13-7/h1-3H,(H,12,13). The number of aromatic amines is 1. The van der Waals surface area contributed by atoms with E-state index in [-0.39, 0.29) is 11.5 Å². The number of hydrogen-bond donors (Lipinski definition) is 1. The van der Waals surface area contributed by atoms with Crippen molar-refractivity contribution in [2.75, 3.05) is 0 Å². The SMILES string of the molecule is O=[N+]([O-])c1ccc2nc(C(Cl)(Cl)Cl)[nH]c2c1. The second-order valence-corrected chi connectivity index (χ2v) is 5.32. The van der Waals surface area contributed by atoms with Crippen LogP contribution in [0.1, 0.15) is 5.82 Å². The first-order chi connectivity index (χ1) is 7.38. The quantitative estimate of drug-likeness (QED) is 0.495. The summed E-state index contributed by atoms with van der Waals surface area (Å²) in [4.78, 5) is 16.8. The molecule has 0 aliphatic carbocycles. The molecule has 16 heavy (non-hydrogen) atoms. The number of nitrogens with one attached hydrogen (secondary N) is 1. The fraction of sp³-hybridized carbons (Fsp3) is 0.125. The highest BCUT2D eigenvalue weighted by atomic mass is 35.6. The highest BCUT2D eigenvalue weighted by Gasteiger charge is 2.27. The van der Waals surface area contributed by atoms with Crippen LogP contribution < -0.4 is 0 Å². The van der Waals surface area contributed by atoms with E-state index in [1.807, 2.05) is 0 Å². The predicted octanol–water partition coefficient (Wildman–Crippen LogP) is 3.30. The molecule has 0 amide bonds. The molecule has 0 spiro atoms. The van der Waals surface area contributed by atoms with Crippen molar-refractivity contribution in [3.63, 3.8) is 0 Å². The zero-order valence-corrected chi connectivity index (χ0v) is 9.84. The maximum atomic E-state index is 10.5. The van der Waals surface area contributed by atoms with Crippen LogP contribution >= 0.6 is 34.8 Å². The van der Waals surface area contributed by atoms with E-state index in [1.165, 1.54) is 18.2 Å². The molecular formula is C8H4Cl3N3O2. The fourth-order valence-corrected chi connectivity index (χ4v) is 1.51. The van der Waals surface area contributed by atoms with Gasteiger partial charge in [0.25, 0.3) is 5.69 Å². The zero-order valence-electron chi connectivity index (χ0n) is 7.58. The molecule has 84 valence electrons. The van der Waals surface area contributed by atoms with Crippen LogP contribution in [0, 0.1) is 10.1 Å². The number of hydrogen-bond acceptors (Lipinski definition) is 3. The van der Waals surface area contributed by atoms with Gasteiger partial charge in [-0.05, 0) is 6.07 Å². The normalized spacial score (nSPS) is 11.9. The van der Waals surface area contributed by atoms with Gasteiger partial charge in [0.05, 0.1) is 16.0 Å². The van der Waals surface area contributed by atoms with E-state index in [2.05, 4.69) is 9.97 Å². The Kier molecular flexibility index (Phi) is 2.69. The lowest BCUT2D eigenvalue weighted by Gasteiger charge is -2.04. The average molecular weight is 280 g/mol. The first-order valence-electron chi connectivity index (χ1n) is 4.09. The molecule has 5 nitrogen and oxygen atoms in total. The Labute approximate surface area is 104 Å². The number of aromatic nitrogens is 2. The predicted molar refractivity (Wildman–Crippen MR) is 62.0 cm³/mol. The Balaban J connectivity index is 2.59. The lowest BCUT2D eigenvalue weighted by Crippen LogP contribution is -2.01. The molecule has 0 saturated heterocycles. The first-order valence-corrected chi connectivity index (χ1v) is 5.22. The molecule has 2 aromatic rings. The molecule has 0 saturated carbocycles. The van der Waals surface area contributed by atoms with E-state index in [0.29, 0.717) is 11.0 Å². The number of nitro groups is 1. The third-order valence-corrected chi connectivity index (χ3v) is 2.48. The van der Waals surface area contributed by atoms with Crippen LogP contribution in [0.15, 0.2) is 18.2 Å². The number of rotatable bonds is 1. The number of nitrogens with zero attached hydrogens (tertiary/aromatic N) is 2. The van der Waals surface area contributed by atoms with Gasteiger partial charge in [-0.1, -0.05) is 34.8 Å². The smallest absolute Gasteiger partial charge is 0.271 e. The van der Waals surface area contributed by atoms with Gasteiger partial charge in [0, 0.05) is 12.1 Å². The van der Waals surface area contributed by atoms with Crippen molar-refractivity contribution in [3.05, 3.63) is 34.1 Å². The molecule has 0 aliphatic rings. The van der Waals surface area contributed by atoms with Gasteiger partial charge in [0.15, 0.2) is 5.82 Å². The summed E-state index contributed by atoms with van der Waals surface area (Å²) in [5.74, 6) is 0.132. The minimum absolute atomic E-state index is 0.0491. The van der Waals surface area contributed by atoms with Crippen molar-refractivity contribution in [1.82, 2.24) is 9.97 Å². The van der Waals surface area contributed by atoms with Gasteiger partial charge in [-0.15, -0.1) is 0 Å². The molecule has 0 bridgehead atoms. The minimum Gasteiger partial charge on any atom is -0.338 e. The van der Waals surface area contributed by atoms with Crippen molar-refractivity contribution in [3.8, 4) is 0 Å². The van der Waals surface area contributed by atoms with Gasteiger partial charge < -0.3 is 4.98 Å². The van der Waals surface area contributed by atoms with Crippen molar-refractivity contribution >= 4 is 51.5 Å². The van der Waals surface area contributed by atoms with E-state index in [0.717, 1.165) is 0 Å². The Hall–Kier alpha value is -1.04. The van der Waals surface area contributed by atoms with E-state index in [1.54, 1.807) is 0 Å². The average Bonchev–Trinajstić information content (AvgIpc) is 2.58. The van der Waals surface area contributed by atoms with Gasteiger partial charge in [-0.25, -0.2) is 4.98 Å². The lowest BCUT2D eigenvalue weighted by molar-refractivity contribution is -0.384. The third kappa shape index (κ3) is 2.07. The lowest BCUT2D eigenvalue weighted by atomic mass is 10.3. The zero-order chi connectivity index (χ0) is 11.9. The maximum absolute atomic E-state index is 10.5. The van der Waals surface area contributed by atoms with Crippen LogP contribution in [0.5, 0.6) is 0 Å². The molecule has 1 aromatic carbocycles. The molecular weight excluding hydrogens is 276 g/mol. The number of non-ortho nitro benzene ring substituents is 1. The third-order valence-electron chi connectivity index (χ3n) is 1.94. The van der Waals surface area contributed by atoms with Crippen molar-refractivity contribution in [2.45, 2.75) is 3.79 Å². The van der Waals surface area contributed by atoms with Gasteiger partial charge in [-0.2, -0.15) is 0 Å². The summed E-state index contributed by atoms with van der Waals surface area (Å²) >= 11 is 16.9. The molecule has 0 atom stereocenters. The fourth-order valence-electron chi connectivity index (χ4n) is 1.25. The van der Waals surface area contributed by atoms with Crippen molar-refractivity contribution < 1.29 is 4.92 Å². The summed E-state index contributed by atoms with van der Waals surface area (Å²) in [6.45, 7) is 0. The molecule has 2 rings (SSSR count). The topological polar surface area (TPSA) is 71.8 Å². The minimum atomic E-state index is -1.67. The van der Waals surface area contributed by atoms with Crippen molar-refractivity contribution in [2.24, 2.45) is 0 Å². The molecule has 0 unspecified atom stereocenters. The van der Waals surface area contributed by atoms with Crippen LogP contribution in [0.25, 0.3) is 11.0 Å². The van der Waals surface area contributed by atoms with Crippen molar-refractivity contribution in [1.29, 1.82) is 0 Å². The summed E-state index contributed by atoms with van der Waals surface area (Å²) < 4.78 is -1.67. The summed E-state index contributed by atoms with van der Waals surface area (Å²) in [5, 5.41) is 10.5. The second-order valence-electron chi connectivity index (χ2n) is 3.04. The molecule has 1 N–H and O–H groups in total. The van der Waals surface area contributed by atoms with Gasteiger partial charge in [0.1, 0.15) is 0 Å². The maximum Gasteiger partial charge on any atom is 0.271 e. The monoisotopic (exact) mass is 279 g/mol. The highest BCUT2D eigenvalue weighted by molar-refractivity contribution is 6.66. The van der Waals surface area contributed by atoms with Crippen LogP contribution in [0.4, 0.5) is 5.69 Å². The van der Waals surface area contributed by atoms with Gasteiger partial charge in [-0.3, -0.25) is 10.1 Å². The number of imidazole rings is 1. The molecule has 0 radical (unpaired) electrons. The number of fused-ring (bicyclic) bond motifs is 1. The Morgan fingerprint density at radius 3 is 2.62 bits per heavy atom. The van der Waals surface area contributed by atoms with E-state index < -0.39 is 8.72 Å². The largest absolute Gasteiger partial charge is 0.338 e. The van der Waals surface area contributed by atoms with Crippen LogP contribution in [-0.2, 0) is 3.79 Å². The Morgan fingerprint density at radius 2 is 2.06 bits per heavy atom. The van der Waals surface area contributed by atoms with Crippen LogP contribution in [0.3, 0.4) is 0 Å². The highest BCUT2D eigenvalue weighted by Crippen LogP contribution is 2.37. The molecule has 8 heteroatoms. The van der Waals surface area contributed by atoms with Gasteiger partial charge >= 0.3 is 0 Å². The first kappa shape index (κ1) is 11.4. The number of benzene rings is 1. The Morgan fingerprint density at radius 1 is 1.38 bits per heavy atom. The summed E-state index contributed by atoms with van der Waals surface area (Å²) in [6.07, 6.45) is 0. The van der Waals surface area contributed by atoms with Crippen LogP contribution in [0.2, 0.25) is 0 Å². The molecule has 0 aliphatic heterocycles. The van der Waals surface area contributed by atoms with Crippen LogP contribution in [-0.4, -0.2) is 14.9 Å². The summed E-state index contributed by atoms with van der Waals surface area (Å²) in [6, 6.07) is 4.16. The Bertz CT molecular complexity index is 561. The number of alkyl halides is 3. The molecule has 0 fully saturated rings. The van der Waals surface area contributed by atoms with Gasteiger partial charge in [0.2, 0.25) is 3.79 Å². The number of H-pyrrole nitrogens is 1. The van der Waals surface area contributed by atoms with E-state index in [9.17, 15) is 10.1 Å². The molecule has 1 aromatic heterocycles. The van der Waals surface area contributed by atoms with E-state index >= 15 is 0 Å². The van der Waals surface area contributed by atoms with E-state index in [4.69, 9.17) is 34.8 Å². The summed E-state index contributed by atoms with van der Waals surface area (Å²) in [7, 11) is 0. The second kappa shape index (κ2) is 3.76. The number of halogens is 3. The molecule has 1 heterocycles.